The molecule has 3 nitrogen and oxygen atoms in total. The lowest BCUT2D eigenvalue weighted by Gasteiger charge is -2.61. The van der Waals surface area contributed by atoms with Gasteiger partial charge in [0.1, 0.15) is 0 Å². The molecule has 5 saturated carbocycles. The van der Waals surface area contributed by atoms with Gasteiger partial charge in [-0.15, -0.1) is 0 Å². The van der Waals surface area contributed by atoms with Crippen LogP contribution in [0.1, 0.15) is 18.4 Å². The lowest BCUT2D eigenvalue weighted by Crippen LogP contribution is -2.59. The number of hydrogen-bond donors (Lipinski definition) is 0. The average molecular weight is 316 g/mol. The van der Waals surface area contributed by atoms with Crippen molar-refractivity contribution in [3.05, 3.63) is 29.8 Å². The van der Waals surface area contributed by atoms with Gasteiger partial charge in [0.2, 0.25) is 0 Å². The second kappa shape index (κ2) is 3.62. The van der Waals surface area contributed by atoms with Gasteiger partial charge >= 0.3 is 0 Å². The third kappa shape index (κ3) is 1.28. The maximum absolute atomic E-state index is 12.6. The minimum Gasteiger partial charge on any atom is -0.263 e. The zero-order valence-electron chi connectivity index (χ0n) is 12.6. The average Bonchev–Trinajstić information content (AvgIpc) is 3.12. The van der Waals surface area contributed by atoms with Gasteiger partial charge in [0.05, 0.1) is 11.0 Å². The molecule has 116 valence electrons. The van der Waals surface area contributed by atoms with Crippen molar-refractivity contribution in [1.82, 2.24) is 0 Å². The van der Waals surface area contributed by atoms with Crippen LogP contribution in [-0.4, -0.2) is 14.5 Å². The number of fused-ring (bicyclic) bond motifs is 5. The SMILES string of the molecule is Cc1ccc(S(=O)(=O)O[C@@H]2C[C@@H]3[C@@H]4[C@@H]5C[C@@H]5[C@H]5[C@@H]4[C@@H]3[C@@H]52)cc1. The van der Waals surface area contributed by atoms with Gasteiger partial charge in [-0.25, -0.2) is 0 Å². The molecule has 1 aromatic rings. The van der Waals surface area contributed by atoms with Crippen LogP contribution in [0, 0.1) is 54.3 Å². The standard InChI is InChI=1S/C18H20O3S/c1-8-2-4-9(5-3-8)22(19,20)21-13-7-12-14-10-6-11(10)15-17(13)16(12)18(14)15/h2-5,10-18H,6-7H2,1H3/t10-,11+,12-,13-,14+,15-,16+,17-,18-/m1/s1. The molecular weight excluding hydrogens is 296 g/mol. The predicted molar refractivity (Wildman–Crippen MR) is 80.4 cm³/mol. The van der Waals surface area contributed by atoms with Crippen LogP contribution >= 0.6 is 0 Å². The summed E-state index contributed by atoms with van der Waals surface area (Å²) in [4.78, 5) is 0.308. The first-order chi connectivity index (χ1) is 10.6. The van der Waals surface area contributed by atoms with Gasteiger partial charge in [-0.1, -0.05) is 17.7 Å². The summed E-state index contributed by atoms with van der Waals surface area (Å²) < 4.78 is 30.9. The van der Waals surface area contributed by atoms with Crippen LogP contribution in [0.25, 0.3) is 0 Å². The van der Waals surface area contributed by atoms with Crippen molar-refractivity contribution in [1.29, 1.82) is 0 Å². The number of benzene rings is 1. The molecule has 0 heterocycles. The summed E-state index contributed by atoms with van der Waals surface area (Å²) in [5, 5.41) is 0. The van der Waals surface area contributed by atoms with Crippen LogP contribution in [0.5, 0.6) is 0 Å². The van der Waals surface area contributed by atoms with E-state index >= 15 is 0 Å². The second-order valence-electron chi connectivity index (χ2n) is 8.25. The van der Waals surface area contributed by atoms with E-state index in [0.717, 1.165) is 53.4 Å². The molecule has 1 aromatic carbocycles. The molecule has 0 unspecified atom stereocenters. The van der Waals surface area contributed by atoms with E-state index in [1.165, 1.54) is 6.42 Å². The first-order valence-corrected chi connectivity index (χ1v) is 9.97. The summed E-state index contributed by atoms with van der Waals surface area (Å²) >= 11 is 0. The summed E-state index contributed by atoms with van der Waals surface area (Å²) in [7, 11) is -3.61. The van der Waals surface area contributed by atoms with Crippen LogP contribution in [0.3, 0.4) is 0 Å². The Bertz CT molecular complexity index is 768. The summed E-state index contributed by atoms with van der Waals surface area (Å²) in [6, 6.07) is 7.01. The molecule has 0 spiro atoms. The second-order valence-corrected chi connectivity index (χ2v) is 9.82. The zero-order valence-corrected chi connectivity index (χ0v) is 13.4. The normalized spacial score (nSPS) is 52.5. The largest absolute Gasteiger partial charge is 0.297 e. The zero-order chi connectivity index (χ0) is 14.8. The van der Waals surface area contributed by atoms with E-state index in [2.05, 4.69) is 0 Å². The molecule has 5 aliphatic rings. The first kappa shape index (κ1) is 12.5. The fraction of sp³-hybridized carbons (Fsp3) is 0.667. The van der Waals surface area contributed by atoms with Gasteiger partial charge in [0.25, 0.3) is 10.1 Å². The van der Waals surface area contributed by atoms with E-state index in [4.69, 9.17) is 4.18 Å². The lowest BCUT2D eigenvalue weighted by molar-refractivity contribution is -0.157. The molecule has 6 rings (SSSR count). The maximum Gasteiger partial charge on any atom is 0.297 e. The minimum absolute atomic E-state index is 0.0471. The van der Waals surface area contributed by atoms with Crippen LogP contribution in [0.15, 0.2) is 29.2 Å². The van der Waals surface area contributed by atoms with Crippen molar-refractivity contribution in [2.45, 2.75) is 30.8 Å². The number of hydrogen-bond acceptors (Lipinski definition) is 3. The van der Waals surface area contributed by atoms with E-state index in [9.17, 15) is 8.42 Å². The van der Waals surface area contributed by atoms with E-state index in [-0.39, 0.29) is 6.10 Å². The van der Waals surface area contributed by atoms with Crippen LogP contribution in [-0.2, 0) is 14.3 Å². The molecule has 0 radical (unpaired) electrons. The topological polar surface area (TPSA) is 43.4 Å². The Balaban J connectivity index is 1.29. The summed E-state index contributed by atoms with van der Waals surface area (Å²) in [5.74, 6) is 6.76. The molecule has 22 heavy (non-hydrogen) atoms. The first-order valence-electron chi connectivity index (χ1n) is 8.56. The molecule has 5 aliphatic carbocycles. The number of rotatable bonds is 3. The summed E-state index contributed by atoms with van der Waals surface area (Å²) in [5.41, 5.74) is 1.07. The molecular formula is C18H20O3S. The highest BCUT2D eigenvalue weighted by Gasteiger charge is 2.82. The Morgan fingerprint density at radius 1 is 0.864 bits per heavy atom. The molecule has 0 aliphatic heterocycles. The van der Waals surface area contributed by atoms with Gasteiger partial charge < -0.3 is 0 Å². The van der Waals surface area contributed by atoms with Crippen LogP contribution in [0.2, 0.25) is 0 Å². The van der Waals surface area contributed by atoms with E-state index in [1.807, 2.05) is 19.1 Å². The van der Waals surface area contributed by atoms with Crippen molar-refractivity contribution in [2.75, 3.05) is 0 Å². The highest BCUT2D eigenvalue weighted by Crippen LogP contribution is 2.85. The Hall–Kier alpha value is -0.870. The minimum atomic E-state index is -3.61. The third-order valence-corrected chi connectivity index (χ3v) is 8.93. The third-order valence-electron chi connectivity index (χ3n) is 7.58. The van der Waals surface area contributed by atoms with Crippen molar-refractivity contribution in [3.8, 4) is 0 Å². The maximum atomic E-state index is 12.6. The van der Waals surface area contributed by atoms with E-state index < -0.39 is 10.1 Å². The van der Waals surface area contributed by atoms with Crippen molar-refractivity contribution >= 4 is 10.1 Å². The molecule has 0 aromatic heterocycles. The summed E-state index contributed by atoms with van der Waals surface area (Å²) in [6.45, 7) is 1.96. The van der Waals surface area contributed by atoms with Gasteiger partial charge in [-0.3, -0.25) is 4.18 Å². The van der Waals surface area contributed by atoms with Gasteiger partial charge in [0.15, 0.2) is 0 Å². The molecule has 0 saturated heterocycles. The number of aryl methyl sites for hydroxylation is 1. The monoisotopic (exact) mass is 316 g/mol. The fourth-order valence-electron chi connectivity index (χ4n) is 6.92. The van der Waals surface area contributed by atoms with E-state index in [1.54, 1.807) is 12.1 Å². The fourth-order valence-corrected chi connectivity index (χ4v) is 8.03. The highest BCUT2D eigenvalue weighted by atomic mass is 32.2. The molecule has 5 fully saturated rings. The Labute approximate surface area is 131 Å². The Kier molecular flexibility index (Phi) is 2.06. The van der Waals surface area contributed by atoms with Crippen molar-refractivity contribution < 1.29 is 12.6 Å². The molecule has 4 heteroatoms. The van der Waals surface area contributed by atoms with Gasteiger partial charge in [-0.05, 0) is 79.2 Å². The van der Waals surface area contributed by atoms with Gasteiger partial charge in [-0.2, -0.15) is 8.42 Å². The van der Waals surface area contributed by atoms with E-state index in [0.29, 0.717) is 10.8 Å². The highest BCUT2D eigenvalue weighted by molar-refractivity contribution is 7.86. The van der Waals surface area contributed by atoms with Crippen molar-refractivity contribution in [3.63, 3.8) is 0 Å². The van der Waals surface area contributed by atoms with Crippen molar-refractivity contribution in [2.24, 2.45) is 47.3 Å². The molecule has 0 amide bonds. The molecule has 0 N–H and O–H groups in total. The van der Waals surface area contributed by atoms with Crippen LogP contribution < -0.4 is 0 Å². The lowest BCUT2D eigenvalue weighted by atomic mass is 9.43. The molecule has 9 atom stereocenters. The predicted octanol–water partition coefficient (Wildman–Crippen LogP) is 2.85. The van der Waals surface area contributed by atoms with Crippen LogP contribution in [0.4, 0.5) is 0 Å². The molecule has 0 bridgehead atoms. The smallest absolute Gasteiger partial charge is 0.263 e. The summed E-state index contributed by atoms with van der Waals surface area (Å²) in [6.07, 6.45) is 2.36. The quantitative estimate of drug-likeness (QED) is 0.805. The Morgan fingerprint density at radius 2 is 1.55 bits per heavy atom. The Morgan fingerprint density at radius 3 is 2.32 bits per heavy atom. The van der Waals surface area contributed by atoms with Gasteiger partial charge in [0, 0.05) is 0 Å².